The highest BCUT2D eigenvalue weighted by molar-refractivity contribution is 5.96. The third-order valence-corrected chi connectivity index (χ3v) is 5.79. The van der Waals surface area contributed by atoms with Gasteiger partial charge in [-0.25, -0.2) is 4.79 Å². The lowest BCUT2D eigenvalue weighted by Gasteiger charge is -2.40. The lowest BCUT2D eigenvalue weighted by atomic mass is 10.00. The number of hydrogen-bond donors (Lipinski definition) is 1. The van der Waals surface area contributed by atoms with E-state index in [4.69, 9.17) is 15.1 Å². The first-order valence-corrected chi connectivity index (χ1v) is 11.5. The summed E-state index contributed by atoms with van der Waals surface area (Å²) in [5, 5.41) is 17.0. The molecule has 33 heavy (non-hydrogen) atoms. The molecule has 1 saturated heterocycles. The maximum absolute atomic E-state index is 13.4. The van der Waals surface area contributed by atoms with E-state index in [1.165, 1.54) is 0 Å². The molecule has 8 nitrogen and oxygen atoms in total. The molecule has 1 saturated carbocycles. The Bertz CT molecular complexity index is 1090. The minimum atomic E-state index is -0.545. The maximum atomic E-state index is 13.4. The van der Waals surface area contributed by atoms with Gasteiger partial charge in [0.2, 0.25) is 0 Å². The highest BCUT2D eigenvalue weighted by Gasteiger charge is 2.39. The van der Waals surface area contributed by atoms with Crippen molar-refractivity contribution in [3.8, 4) is 17.3 Å². The van der Waals surface area contributed by atoms with Gasteiger partial charge in [-0.15, -0.1) is 0 Å². The predicted octanol–water partition coefficient (Wildman–Crippen LogP) is 4.23. The highest BCUT2D eigenvalue weighted by atomic mass is 16.6. The fraction of sp³-hybridized carbons (Fsp3) is 0.520. The van der Waals surface area contributed by atoms with Gasteiger partial charge in [0.15, 0.2) is 0 Å². The van der Waals surface area contributed by atoms with E-state index in [9.17, 15) is 9.59 Å². The lowest BCUT2D eigenvalue weighted by Crippen LogP contribution is -2.61. The van der Waals surface area contributed by atoms with Gasteiger partial charge in [0.25, 0.3) is 5.91 Å². The molecule has 0 radical (unpaired) electrons. The Balaban J connectivity index is 1.56. The number of likely N-dealkylation sites (tertiary alicyclic amines) is 1. The molecule has 1 aliphatic carbocycles. The Labute approximate surface area is 194 Å². The Morgan fingerprint density at radius 2 is 1.82 bits per heavy atom. The van der Waals surface area contributed by atoms with Crippen LogP contribution in [0.3, 0.4) is 0 Å². The first-order chi connectivity index (χ1) is 15.6. The van der Waals surface area contributed by atoms with Crippen LogP contribution < -0.4 is 5.32 Å². The van der Waals surface area contributed by atoms with Crippen LogP contribution in [0.25, 0.3) is 11.3 Å². The van der Waals surface area contributed by atoms with Gasteiger partial charge < -0.3 is 15.0 Å². The van der Waals surface area contributed by atoms with E-state index in [2.05, 4.69) is 11.4 Å². The Kier molecular flexibility index (Phi) is 5.91. The average molecular weight is 450 g/mol. The maximum Gasteiger partial charge on any atom is 0.410 e. The molecule has 2 heterocycles. The number of carbonyl (C=O) groups excluding carboxylic acids is 2. The van der Waals surface area contributed by atoms with Crippen molar-refractivity contribution in [1.82, 2.24) is 20.0 Å². The van der Waals surface area contributed by atoms with Crippen molar-refractivity contribution in [2.24, 2.45) is 0 Å². The van der Waals surface area contributed by atoms with E-state index in [0.29, 0.717) is 30.3 Å². The summed E-state index contributed by atoms with van der Waals surface area (Å²) in [6, 6.07) is 9.37. The summed E-state index contributed by atoms with van der Waals surface area (Å²) in [6.07, 6.45) is 1.70. The molecular formula is C25H31N5O3. The third-order valence-electron chi connectivity index (χ3n) is 5.79. The molecule has 0 unspecified atom stereocenters. The van der Waals surface area contributed by atoms with Crippen molar-refractivity contribution in [2.75, 3.05) is 13.1 Å². The summed E-state index contributed by atoms with van der Waals surface area (Å²) in [6.45, 7) is 10.4. The minimum absolute atomic E-state index is 0.00929. The van der Waals surface area contributed by atoms with Gasteiger partial charge in [-0.05, 0) is 65.5 Å². The molecule has 1 aromatic heterocycles. The first kappa shape index (κ1) is 22.8. The number of ether oxygens (including phenoxy) is 1. The fourth-order valence-corrected chi connectivity index (χ4v) is 4.02. The molecule has 0 bridgehead atoms. The number of nitriles is 1. The number of carbonyl (C=O) groups is 2. The van der Waals surface area contributed by atoms with Crippen LogP contribution in [0.4, 0.5) is 4.79 Å². The minimum Gasteiger partial charge on any atom is -0.444 e. The van der Waals surface area contributed by atoms with Gasteiger partial charge in [-0.2, -0.15) is 10.4 Å². The number of benzene rings is 1. The number of aromatic nitrogens is 2. The van der Waals surface area contributed by atoms with E-state index in [1.807, 2.05) is 46.8 Å². The molecule has 8 heteroatoms. The second kappa shape index (κ2) is 8.54. The van der Waals surface area contributed by atoms with E-state index in [-0.39, 0.29) is 24.1 Å². The number of amides is 2. The van der Waals surface area contributed by atoms with Crippen LogP contribution in [0.15, 0.2) is 24.3 Å². The zero-order chi connectivity index (χ0) is 23.9. The largest absolute Gasteiger partial charge is 0.444 e. The van der Waals surface area contributed by atoms with Crippen molar-refractivity contribution in [3.63, 3.8) is 0 Å². The highest BCUT2D eigenvalue weighted by Crippen LogP contribution is 2.46. The zero-order valence-electron chi connectivity index (χ0n) is 19.9. The van der Waals surface area contributed by atoms with Crippen LogP contribution in [0.5, 0.6) is 0 Å². The molecule has 2 amide bonds. The van der Waals surface area contributed by atoms with Crippen molar-refractivity contribution >= 4 is 12.0 Å². The third kappa shape index (κ3) is 4.87. The number of nitrogens with zero attached hydrogens (tertiary/aromatic N) is 4. The summed E-state index contributed by atoms with van der Waals surface area (Å²) < 4.78 is 7.20. The van der Waals surface area contributed by atoms with Gasteiger partial charge in [-0.1, -0.05) is 12.1 Å². The van der Waals surface area contributed by atoms with Crippen molar-refractivity contribution in [3.05, 3.63) is 41.1 Å². The normalized spacial score (nSPS) is 16.3. The standard InChI is InChI=1S/C25H31N5O3/c1-15(2)30-22(23(31)27-19-13-29(14-19)24(32)33-25(3,4)5)20(17-10-11-17)21(28-30)18-8-6-16(12-26)7-9-18/h6-9,15,17,19H,10-11,13-14H2,1-5H3,(H,27,31). The summed E-state index contributed by atoms with van der Waals surface area (Å²) in [7, 11) is 0. The number of rotatable bonds is 5. The van der Waals surface area contributed by atoms with Gasteiger partial charge in [0.1, 0.15) is 11.3 Å². The van der Waals surface area contributed by atoms with Crippen molar-refractivity contribution in [1.29, 1.82) is 5.26 Å². The van der Waals surface area contributed by atoms with Gasteiger partial charge in [-0.3, -0.25) is 9.48 Å². The monoisotopic (exact) mass is 449 g/mol. The summed E-state index contributed by atoms with van der Waals surface area (Å²) in [5.74, 6) is 0.148. The second-order valence-electron chi connectivity index (χ2n) is 10.2. The van der Waals surface area contributed by atoms with Crippen LogP contribution in [0.1, 0.15) is 81.0 Å². The summed E-state index contributed by atoms with van der Waals surface area (Å²) in [5.41, 5.74) is 3.34. The van der Waals surface area contributed by atoms with Gasteiger partial charge >= 0.3 is 6.09 Å². The van der Waals surface area contributed by atoms with Crippen LogP contribution in [0, 0.1) is 11.3 Å². The molecule has 174 valence electrons. The quantitative estimate of drug-likeness (QED) is 0.736. The lowest BCUT2D eigenvalue weighted by molar-refractivity contribution is 0.00527. The van der Waals surface area contributed by atoms with E-state index >= 15 is 0 Å². The molecule has 1 aromatic carbocycles. The number of nitrogens with one attached hydrogen (secondary N) is 1. The van der Waals surface area contributed by atoms with Gasteiger partial charge in [0.05, 0.1) is 23.4 Å². The molecule has 0 spiro atoms. The predicted molar refractivity (Wildman–Crippen MR) is 124 cm³/mol. The Hall–Kier alpha value is -3.34. The Morgan fingerprint density at radius 1 is 1.18 bits per heavy atom. The number of hydrogen-bond acceptors (Lipinski definition) is 5. The molecule has 2 aromatic rings. The summed E-state index contributed by atoms with van der Waals surface area (Å²) >= 11 is 0. The van der Waals surface area contributed by atoms with Crippen LogP contribution in [0.2, 0.25) is 0 Å². The van der Waals surface area contributed by atoms with Crippen molar-refractivity contribution in [2.45, 2.75) is 71.1 Å². The molecule has 0 atom stereocenters. The van der Waals surface area contributed by atoms with Gasteiger partial charge in [0, 0.05) is 30.3 Å². The van der Waals surface area contributed by atoms with Crippen LogP contribution in [-0.4, -0.2) is 51.4 Å². The molecule has 2 aliphatic rings. The SMILES string of the molecule is CC(C)n1nc(-c2ccc(C#N)cc2)c(C2CC2)c1C(=O)NC1CN(C(=O)OC(C)(C)C)C1. The van der Waals surface area contributed by atoms with E-state index in [1.54, 1.807) is 21.7 Å². The molecule has 1 N–H and O–H groups in total. The van der Waals surface area contributed by atoms with E-state index < -0.39 is 5.60 Å². The zero-order valence-corrected chi connectivity index (χ0v) is 19.9. The van der Waals surface area contributed by atoms with Crippen LogP contribution >= 0.6 is 0 Å². The topological polar surface area (TPSA) is 100 Å². The summed E-state index contributed by atoms with van der Waals surface area (Å²) in [4.78, 5) is 27.2. The average Bonchev–Trinajstić information content (AvgIpc) is 3.47. The molecule has 4 rings (SSSR count). The Morgan fingerprint density at radius 3 is 2.33 bits per heavy atom. The molecular weight excluding hydrogens is 418 g/mol. The van der Waals surface area contributed by atoms with E-state index in [0.717, 1.165) is 29.7 Å². The first-order valence-electron chi connectivity index (χ1n) is 11.5. The van der Waals surface area contributed by atoms with Crippen LogP contribution in [-0.2, 0) is 4.74 Å². The molecule has 1 aliphatic heterocycles. The van der Waals surface area contributed by atoms with Crippen molar-refractivity contribution < 1.29 is 14.3 Å². The second-order valence-corrected chi connectivity index (χ2v) is 10.2. The fourth-order valence-electron chi connectivity index (χ4n) is 4.02. The smallest absolute Gasteiger partial charge is 0.410 e. The molecule has 2 fully saturated rings.